The summed E-state index contributed by atoms with van der Waals surface area (Å²) < 4.78 is 5.95. The number of ether oxygens (including phenoxy) is 1. The van der Waals surface area contributed by atoms with Crippen molar-refractivity contribution in [2.24, 2.45) is 16.8 Å². The summed E-state index contributed by atoms with van der Waals surface area (Å²) >= 11 is 0. The molecule has 2 fully saturated rings. The van der Waals surface area contributed by atoms with Gasteiger partial charge in [-0.2, -0.15) is 0 Å². The molecular formula is C18H28IN3O. The average Bonchev–Trinajstić information content (AvgIpc) is 3.44. The first kappa shape index (κ1) is 18.4. The van der Waals surface area contributed by atoms with Crippen molar-refractivity contribution < 1.29 is 4.74 Å². The fourth-order valence-electron chi connectivity index (χ4n) is 2.48. The van der Waals surface area contributed by atoms with Gasteiger partial charge in [-0.05, 0) is 37.2 Å². The standard InChI is InChI=1S/C18H27N3O.HI/c1-19-18(20-11-10-14-6-7-14)21-12-16-4-2-3-5-17(16)22-13-15-8-9-15;/h2-5,14-15H,6-13H2,1H3,(H2,19,20,21);1H. The largest absolute Gasteiger partial charge is 0.493 e. The minimum absolute atomic E-state index is 0. The highest BCUT2D eigenvalue weighted by Crippen LogP contribution is 2.31. The van der Waals surface area contributed by atoms with Crippen LogP contribution in [0.1, 0.15) is 37.7 Å². The minimum atomic E-state index is 0. The zero-order valence-corrected chi connectivity index (χ0v) is 16.2. The molecule has 0 bridgehead atoms. The monoisotopic (exact) mass is 429 g/mol. The van der Waals surface area contributed by atoms with E-state index >= 15 is 0 Å². The minimum Gasteiger partial charge on any atom is -0.493 e. The summed E-state index contributed by atoms with van der Waals surface area (Å²) in [6, 6.07) is 8.27. The van der Waals surface area contributed by atoms with Crippen molar-refractivity contribution >= 4 is 29.9 Å². The number of guanidine groups is 1. The second kappa shape index (κ2) is 9.35. The van der Waals surface area contributed by atoms with E-state index in [-0.39, 0.29) is 24.0 Å². The van der Waals surface area contributed by atoms with Crippen LogP contribution in [0.2, 0.25) is 0 Å². The summed E-state index contributed by atoms with van der Waals surface area (Å²) in [7, 11) is 1.82. The quantitative estimate of drug-likeness (QED) is 0.378. The molecule has 2 N–H and O–H groups in total. The van der Waals surface area contributed by atoms with Gasteiger partial charge in [0.2, 0.25) is 0 Å². The third kappa shape index (κ3) is 6.57. The molecule has 0 amide bonds. The zero-order chi connectivity index (χ0) is 15.2. The number of halogens is 1. The maximum absolute atomic E-state index is 5.95. The van der Waals surface area contributed by atoms with Crippen molar-refractivity contribution in [3.05, 3.63) is 29.8 Å². The molecule has 2 aliphatic rings. The summed E-state index contributed by atoms with van der Waals surface area (Å²) in [5, 5.41) is 6.77. The molecule has 0 radical (unpaired) electrons. The van der Waals surface area contributed by atoms with E-state index in [0.717, 1.165) is 43.2 Å². The molecule has 0 aromatic heterocycles. The number of hydrogen-bond acceptors (Lipinski definition) is 2. The fraction of sp³-hybridized carbons (Fsp3) is 0.611. The van der Waals surface area contributed by atoms with Crippen LogP contribution in [0.5, 0.6) is 5.75 Å². The number of para-hydroxylation sites is 1. The van der Waals surface area contributed by atoms with Crippen molar-refractivity contribution in [3.8, 4) is 5.75 Å². The predicted octanol–water partition coefficient (Wildman–Crippen LogP) is 3.56. The van der Waals surface area contributed by atoms with Gasteiger partial charge in [0.1, 0.15) is 5.75 Å². The summed E-state index contributed by atoms with van der Waals surface area (Å²) in [5.74, 6) is 3.59. The lowest BCUT2D eigenvalue weighted by Crippen LogP contribution is -2.37. The average molecular weight is 429 g/mol. The number of benzene rings is 1. The predicted molar refractivity (Wildman–Crippen MR) is 106 cm³/mol. The van der Waals surface area contributed by atoms with Gasteiger partial charge in [0.25, 0.3) is 0 Å². The number of nitrogens with zero attached hydrogens (tertiary/aromatic N) is 1. The molecule has 1 aromatic carbocycles. The number of nitrogens with one attached hydrogen (secondary N) is 2. The van der Waals surface area contributed by atoms with Crippen molar-refractivity contribution in [1.82, 2.24) is 10.6 Å². The Bertz CT molecular complexity index is 513. The van der Waals surface area contributed by atoms with E-state index in [2.05, 4.69) is 33.8 Å². The zero-order valence-electron chi connectivity index (χ0n) is 13.9. The Morgan fingerprint density at radius 2 is 1.87 bits per heavy atom. The molecule has 0 unspecified atom stereocenters. The van der Waals surface area contributed by atoms with Crippen molar-refractivity contribution in [2.45, 2.75) is 38.6 Å². The van der Waals surface area contributed by atoms with Gasteiger partial charge in [-0.25, -0.2) is 0 Å². The fourth-order valence-corrected chi connectivity index (χ4v) is 2.48. The molecule has 3 rings (SSSR count). The second-order valence-corrected chi connectivity index (χ2v) is 6.45. The van der Waals surface area contributed by atoms with E-state index in [1.54, 1.807) is 0 Å². The maximum atomic E-state index is 5.95. The molecule has 0 heterocycles. The lowest BCUT2D eigenvalue weighted by Gasteiger charge is -2.14. The smallest absolute Gasteiger partial charge is 0.191 e. The highest BCUT2D eigenvalue weighted by Gasteiger charge is 2.22. The van der Waals surface area contributed by atoms with Gasteiger partial charge in [0.05, 0.1) is 6.61 Å². The Labute approximate surface area is 156 Å². The highest BCUT2D eigenvalue weighted by molar-refractivity contribution is 14.0. The Morgan fingerprint density at radius 1 is 1.13 bits per heavy atom. The molecule has 0 atom stereocenters. The van der Waals surface area contributed by atoms with Crippen molar-refractivity contribution in [2.75, 3.05) is 20.2 Å². The van der Waals surface area contributed by atoms with Gasteiger partial charge in [0.15, 0.2) is 5.96 Å². The molecule has 0 spiro atoms. The van der Waals surface area contributed by atoms with Crippen LogP contribution in [0.25, 0.3) is 0 Å². The Hall–Kier alpha value is -0.980. The molecular weight excluding hydrogens is 401 g/mol. The van der Waals surface area contributed by atoms with Crippen molar-refractivity contribution in [3.63, 3.8) is 0 Å². The SMILES string of the molecule is CN=C(NCCC1CC1)NCc1ccccc1OCC1CC1.I. The van der Waals surface area contributed by atoms with E-state index in [1.165, 1.54) is 37.7 Å². The van der Waals surface area contributed by atoms with Gasteiger partial charge < -0.3 is 15.4 Å². The van der Waals surface area contributed by atoms with Crippen LogP contribution in [-0.2, 0) is 6.54 Å². The third-order valence-electron chi connectivity index (χ3n) is 4.36. The Morgan fingerprint density at radius 3 is 2.57 bits per heavy atom. The summed E-state index contributed by atoms with van der Waals surface area (Å²) in [6.45, 7) is 2.60. The van der Waals surface area contributed by atoms with E-state index in [4.69, 9.17) is 4.74 Å². The van der Waals surface area contributed by atoms with Gasteiger partial charge in [-0.3, -0.25) is 4.99 Å². The summed E-state index contributed by atoms with van der Waals surface area (Å²) in [6.07, 6.45) is 6.69. The molecule has 1 aromatic rings. The van der Waals surface area contributed by atoms with Gasteiger partial charge in [0, 0.05) is 25.7 Å². The number of rotatable bonds is 8. The normalized spacial score (nSPS) is 17.3. The van der Waals surface area contributed by atoms with Crippen LogP contribution in [0, 0.1) is 11.8 Å². The molecule has 2 saturated carbocycles. The molecule has 128 valence electrons. The lowest BCUT2D eigenvalue weighted by molar-refractivity contribution is 0.296. The maximum Gasteiger partial charge on any atom is 0.191 e. The van der Waals surface area contributed by atoms with E-state index in [9.17, 15) is 0 Å². The van der Waals surface area contributed by atoms with Crippen LogP contribution in [-0.4, -0.2) is 26.2 Å². The second-order valence-electron chi connectivity index (χ2n) is 6.45. The van der Waals surface area contributed by atoms with Gasteiger partial charge in [-0.15, -0.1) is 24.0 Å². The van der Waals surface area contributed by atoms with Crippen LogP contribution in [0.4, 0.5) is 0 Å². The molecule has 2 aliphatic carbocycles. The van der Waals surface area contributed by atoms with E-state index in [0.29, 0.717) is 0 Å². The van der Waals surface area contributed by atoms with Crippen LogP contribution in [0.3, 0.4) is 0 Å². The van der Waals surface area contributed by atoms with Crippen LogP contribution in [0.15, 0.2) is 29.3 Å². The Kier molecular flexibility index (Phi) is 7.46. The Balaban J connectivity index is 0.00000192. The van der Waals surface area contributed by atoms with Gasteiger partial charge in [-0.1, -0.05) is 31.0 Å². The van der Waals surface area contributed by atoms with E-state index < -0.39 is 0 Å². The van der Waals surface area contributed by atoms with E-state index in [1.807, 2.05) is 13.1 Å². The number of hydrogen-bond donors (Lipinski definition) is 2. The topological polar surface area (TPSA) is 45.7 Å². The molecule has 0 saturated heterocycles. The first-order valence-electron chi connectivity index (χ1n) is 8.50. The van der Waals surface area contributed by atoms with Crippen LogP contribution >= 0.6 is 24.0 Å². The third-order valence-corrected chi connectivity index (χ3v) is 4.36. The van der Waals surface area contributed by atoms with Crippen molar-refractivity contribution in [1.29, 1.82) is 0 Å². The first-order chi connectivity index (χ1) is 10.8. The summed E-state index contributed by atoms with van der Waals surface area (Å²) in [4.78, 5) is 4.29. The number of aliphatic imine (C=N–C) groups is 1. The molecule has 0 aliphatic heterocycles. The lowest BCUT2D eigenvalue weighted by atomic mass is 10.2. The molecule has 5 heteroatoms. The molecule has 4 nitrogen and oxygen atoms in total. The van der Waals surface area contributed by atoms with Crippen LogP contribution < -0.4 is 15.4 Å². The highest BCUT2D eigenvalue weighted by atomic mass is 127. The molecule has 23 heavy (non-hydrogen) atoms. The summed E-state index contributed by atoms with van der Waals surface area (Å²) in [5.41, 5.74) is 1.19. The van der Waals surface area contributed by atoms with Gasteiger partial charge >= 0.3 is 0 Å². The first-order valence-corrected chi connectivity index (χ1v) is 8.50.